The number of nitrogen functional groups attached to an aromatic ring is 4. The summed E-state index contributed by atoms with van der Waals surface area (Å²) in [7, 11) is 0. The van der Waals surface area contributed by atoms with E-state index in [1.807, 2.05) is 113 Å². The lowest BCUT2D eigenvalue weighted by Gasteiger charge is -2.09. The fraction of sp³-hybridized carbons (Fsp3) is 0.100. The van der Waals surface area contributed by atoms with Crippen molar-refractivity contribution in [2.24, 2.45) is 0 Å². The number of aromatic nitrogens is 4. The Morgan fingerprint density at radius 1 is 0.400 bits per heavy atom. The molecule has 0 amide bonds. The number of para-hydroxylation sites is 2. The quantitative estimate of drug-likeness (QED) is 0.124. The average Bonchev–Trinajstić information content (AvgIpc) is 3.07. The molecule has 0 aliphatic rings. The van der Waals surface area contributed by atoms with Crippen LogP contribution in [0.15, 0.2) is 109 Å². The van der Waals surface area contributed by atoms with Gasteiger partial charge in [-0.2, -0.15) is 0 Å². The van der Waals surface area contributed by atoms with Crippen LogP contribution in [0.4, 0.5) is 22.7 Å². The van der Waals surface area contributed by atoms with Gasteiger partial charge in [0.2, 0.25) is 33.4 Å². The van der Waals surface area contributed by atoms with E-state index in [1.165, 1.54) is 0 Å². The summed E-state index contributed by atoms with van der Waals surface area (Å²) in [5, 5.41) is 0. The molecule has 8 aromatic rings. The highest BCUT2D eigenvalue weighted by atomic mass is 35.5. The van der Waals surface area contributed by atoms with Crippen molar-refractivity contribution in [3.05, 3.63) is 131 Å². The molecule has 0 atom stereocenters. The first kappa shape index (κ1) is 35.3. The van der Waals surface area contributed by atoms with Gasteiger partial charge in [0.15, 0.2) is 0 Å². The number of halogens is 1. The minimum atomic E-state index is 0. The molecular weight excluding hydrogens is 644 g/mol. The molecule has 0 fully saturated rings. The molecule has 6 aromatic carbocycles. The van der Waals surface area contributed by atoms with Gasteiger partial charge in [-0.3, -0.25) is 0 Å². The Kier molecular flexibility index (Phi) is 9.76. The Hall–Kier alpha value is -6.03. The maximum atomic E-state index is 6.17. The molecule has 10 heteroatoms. The number of hydrogen-bond donors (Lipinski definition) is 4. The molecule has 0 aliphatic carbocycles. The first-order valence-corrected chi connectivity index (χ1v) is 15.8. The van der Waals surface area contributed by atoms with E-state index in [-0.39, 0.29) is 17.9 Å². The number of rotatable bonds is 2. The first-order valence-electron chi connectivity index (χ1n) is 15.8. The average molecular weight is 684 g/mol. The van der Waals surface area contributed by atoms with Gasteiger partial charge in [0.1, 0.15) is 22.1 Å². The molecule has 9 nitrogen and oxygen atoms in total. The van der Waals surface area contributed by atoms with Crippen LogP contribution in [-0.4, -0.2) is 15.4 Å². The number of anilines is 4. The van der Waals surface area contributed by atoms with Gasteiger partial charge in [-0.15, -0.1) is 9.13 Å². The highest BCUT2D eigenvalue weighted by Gasteiger charge is 2.22. The highest BCUT2D eigenvalue weighted by Crippen LogP contribution is 2.26. The van der Waals surface area contributed by atoms with E-state index >= 15 is 0 Å². The second-order valence-electron chi connectivity index (χ2n) is 12.4. The molecule has 2 heterocycles. The molecule has 0 unspecified atom stereocenters. The largest absolute Gasteiger partial charge is 1.00 e. The lowest BCUT2D eigenvalue weighted by atomic mass is 10.1. The Bertz CT molecular complexity index is 2230. The van der Waals surface area contributed by atoms with Crippen LogP contribution < -0.4 is 44.5 Å². The maximum Gasteiger partial charge on any atom is 0.239 e. The van der Waals surface area contributed by atoms with Crippen LogP contribution in [0.25, 0.3) is 55.5 Å². The molecule has 0 radical (unpaired) electrons. The van der Waals surface area contributed by atoms with E-state index in [1.54, 1.807) is 0 Å². The zero-order valence-corrected chi connectivity index (χ0v) is 29.1. The van der Waals surface area contributed by atoms with Gasteiger partial charge < -0.3 is 40.8 Å². The molecule has 10 N–H and O–H groups in total. The fourth-order valence-corrected chi connectivity index (χ4v) is 6.09. The van der Waals surface area contributed by atoms with E-state index in [0.29, 0.717) is 0 Å². The summed E-state index contributed by atoms with van der Waals surface area (Å²) >= 11 is 0. The number of benzene rings is 6. The maximum absolute atomic E-state index is 6.17. The van der Waals surface area contributed by atoms with Crippen LogP contribution in [0, 0.1) is 27.7 Å². The predicted molar refractivity (Wildman–Crippen MR) is 202 cm³/mol. The van der Waals surface area contributed by atoms with Crippen molar-refractivity contribution in [1.29, 1.82) is 0 Å². The van der Waals surface area contributed by atoms with Crippen LogP contribution in [0.2, 0.25) is 0 Å². The molecule has 252 valence electrons. The van der Waals surface area contributed by atoms with Crippen molar-refractivity contribution in [2.45, 2.75) is 27.7 Å². The predicted octanol–water partition coefficient (Wildman–Crippen LogP) is 3.07. The van der Waals surface area contributed by atoms with Crippen molar-refractivity contribution in [2.75, 3.05) is 22.9 Å². The molecule has 2 aromatic heterocycles. The second kappa shape index (κ2) is 13.8. The van der Waals surface area contributed by atoms with Crippen LogP contribution in [-0.2, 0) is 0 Å². The Balaban J connectivity index is 0.000000187. The minimum absolute atomic E-state index is 0. The summed E-state index contributed by atoms with van der Waals surface area (Å²) in [4.78, 5) is 9.67. The van der Waals surface area contributed by atoms with Crippen molar-refractivity contribution in [3.8, 4) is 11.4 Å². The lowest BCUT2D eigenvalue weighted by molar-refractivity contribution is -0.538. The number of nitrogens with two attached hydrogens (primary N) is 4. The fourth-order valence-electron chi connectivity index (χ4n) is 6.09. The summed E-state index contributed by atoms with van der Waals surface area (Å²) in [6.07, 6.45) is 0. The normalized spacial score (nSPS) is 10.8. The molecule has 50 heavy (non-hydrogen) atoms. The smallest absolute Gasteiger partial charge is 0.239 e. The Morgan fingerprint density at radius 2 is 0.640 bits per heavy atom. The number of nitrogens with zero attached hydrogens (tertiary/aromatic N) is 4. The van der Waals surface area contributed by atoms with E-state index < -0.39 is 0 Å². The van der Waals surface area contributed by atoms with Gasteiger partial charge >= 0.3 is 0 Å². The van der Waals surface area contributed by atoms with Crippen molar-refractivity contribution < 1.29 is 27.0 Å². The standard InChI is InChI=1S/2C20H18N4.ClH.H2O/c2*1-12-8-17-19(10-15(12)21)24(14-6-4-3-5-7-14)20-11-16(22)13(2)9-18(20)23-17;;/h2*3-11H,1-2H3,(H3,21,22);1H;1H2/p+1. The molecular formula is C40H40ClN8O+. The molecule has 0 aliphatic heterocycles. The minimum Gasteiger partial charge on any atom is -1.00 e. The van der Waals surface area contributed by atoms with Gasteiger partial charge in [0.05, 0.1) is 0 Å². The monoisotopic (exact) mass is 683 g/mol. The van der Waals surface area contributed by atoms with Crippen LogP contribution in [0.1, 0.15) is 22.3 Å². The number of aryl methyl sites for hydroxylation is 4. The lowest BCUT2D eigenvalue weighted by Crippen LogP contribution is -3.00. The molecule has 0 bridgehead atoms. The summed E-state index contributed by atoms with van der Waals surface area (Å²) in [5.74, 6) is 0. The summed E-state index contributed by atoms with van der Waals surface area (Å²) < 4.78 is 4.34. The van der Waals surface area contributed by atoms with Gasteiger partial charge in [0.25, 0.3) is 0 Å². The third-order valence-electron chi connectivity index (χ3n) is 8.93. The van der Waals surface area contributed by atoms with E-state index in [9.17, 15) is 0 Å². The van der Waals surface area contributed by atoms with Crippen molar-refractivity contribution in [1.82, 2.24) is 9.97 Å². The zero-order chi connectivity index (χ0) is 33.7. The molecule has 8 rings (SSSR count). The third kappa shape index (κ3) is 6.27. The van der Waals surface area contributed by atoms with Crippen LogP contribution in [0.3, 0.4) is 0 Å². The van der Waals surface area contributed by atoms with E-state index in [4.69, 9.17) is 32.9 Å². The number of fused-ring (bicyclic) bond motifs is 4. The highest BCUT2D eigenvalue weighted by molar-refractivity contribution is 5.88. The van der Waals surface area contributed by atoms with Gasteiger partial charge in [-0.25, -0.2) is 9.97 Å². The second-order valence-corrected chi connectivity index (χ2v) is 12.4. The summed E-state index contributed by atoms with van der Waals surface area (Å²) in [5.41, 5.74) is 41.5. The summed E-state index contributed by atoms with van der Waals surface area (Å²) in [6.45, 7) is 8.01. The van der Waals surface area contributed by atoms with E-state index in [2.05, 4.69) is 33.4 Å². The third-order valence-corrected chi connectivity index (χ3v) is 8.93. The zero-order valence-electron chi connectivity index (χ0n) is 28.4. The molecule has 0 spiro atoms. The number of hydrogen-bond acceptors (Lipinski definition) is 6. The van der Waals surface area contributed by atoms with Crippen molar-refractivity contribution in [3.63, 3.8) is 0 Å². The van der Waals surface area contributed by atoms with E-state index in [0.717, 1.165) is 101 Å². The first-order chi connectivity index (χ1) is 23.1. The SMILES string of the molecule is Cc1cc2nc3cc(C)c(N)cc3[n+](-c3ccccc3)c2cc1N.Cc1cc2nc3cc(C)c(N)cc3[n+](-c3ccccc3)c2cc1N.O.[Cl-]. The summed E-state index contributed by atoms with van der Waals surface area (Å²) in [6, 6.07) is 36.5. The topological polar surface area (TPSA) is 169 Å². The van der Waals surface area contributed by atoms with Gasteiger partial charge in [0, 0.05) is 71.3 Å². The Labute approximate surface area is 296 Å². The van der Waals surface area contributed by atoms with Gasteiger partial charge in [-0.05, 0) is 74.2 Å². The Morgan fingerprint density at radius 3 is 0.880 bits per heavy atom. The van der Waals surface area contributed by atoms with Crippen LogP contribution >= 0.6 is 0 Å². The van der Waals surface area contributed by atoms with Crippen LogP contribution in [0.5, 0.6) is 0 Å². The molecule has 0 saturated carbocycles. The van der Waals surface area contributed by atoms with Crippen molar-refractivity contribution >= 4 is 66.9 Å². The molecule has 0 saturated heterocycles. The van der Waals surface area contributed by atoms with Gasteiger partial charge in [-0.1, -0.05) is 36.4 Å².